The summed E-state index contributed by atoms with van der Waals surface area (Å²) < 4.78 is 5.20. The van der Waals surface area contributed by atoms with Gasteiger partial charge in [0.1, 0.15) is 6.61 Å². The Morgan fingerprint density at radius 1 is 0.760 bits per heavy atom. The van der Waals surface area contributed by atoms with Crippen LogP contribution in [0.4, 0.5) is 4.79 Å². The topological polar surface area (TPSA) is 55.4 Å². The number of thioether (sulfide) groups is 1. The Morgan fingerprint density at radius 2 is 1.36 bits per heavy atom. The van der Waals surface area contributed by atoms with Gasteiger partial charge in [0, 0.05) is 23.1 Å². The van der Waals surface area contributed by atoms with Crippen LogP contribution in [0.2, 0.25) is 5.02 Å². The van der Waals surface area contributed by atoms with Crippen molar-refractivity contribution in [1.29, 1.82) is 0 Å². The van der Waals surface area contributed by atoms with Gasteiger partial charge >= 0.3 is 6.09 Å². The molecule has 50 heavy (non-hydrogen) atoms. The number of unbranched alkanes of at least 4 members (excludes halogenated alkanes) is 3. The van der Waals surface area contributed by atoms with Gasteiger partial charge in [-0.15, -0.1) is 11.8 Å². The van der Waals surface area contributed by atoms with Crippen LogP contribution >= 0.6 is 23.4 Å². The van der Waals surface area contributed by atoms with Crippen LogP contribution in [-0.2, 0) is 14.3 Å². The Balaban J connectivity index is 1.29. The van der Waals surface area contributed by atoms with E-state index in [1.807, 2.05) is 60.7 Å². The van der Waals surface area contributed by atoms with E-state index in [0.717, 1.165) is 59.1 Å². The van der Waals surface area contributed by atoms with Crippen LogP contribution in [0.25, 0.3) is 11.1 Å². The highest BCUT2D eigenvalue weighted by Crippen LogP contribution is 2.51. The standard InChI is InChI=1S/C44H44ClNO3S/c1-3-4-5-9-24-42(47)41(46-43(48)49-29-38-36-20-12-10-18-34(36)35-19-11-13-21-37(35)38)30-50-44(32-16-7-6-8-17-32,33-27-25-31(2)26-28-33)39-22-14-15-23-40(39)45/h6-8,10-23,25-28,38,41H,3-5,9,24,29-30H2,1-2H3,(H,46,48)/t41-,44?/m0/s1. The number of ketones is 1. The number of rotatable bonds is 15. The zero-order chi connectivity index (χ0) is 34.9. The van der Waals surface area contributed by atoms with Crippen molar-refractivity contribution in [2.45, 2.75) is 62.7 Å². The molecule has 1 aliphatic carbocycles. The molecule has 0 saturated heterocycles. The number of fused-ring (bicyclic) bond motifs is 3. The van der Waals surface area contributed by atoms with Gasteiger partial charge in [-0.05, 0) is 58.4 Å². The Labute approximate surface area is 305 Å². The van der Waals surface area contributed by atoms with Crippen molar-refractivity contribution in [2.24, 2.45) is 0 Å². The first-order valence-electron chi connectivity index (χ1n) is 17.6. The van der Waals surface area contributed by atoms with Crippen LogP contribution < -0.4 is 5.32 Å². The van der Waals surface area contributed by atoms with E-state index in [1.54, 1.807) is 11.8 Å². The molecule has 4 nitrogen and oxygen atoms in total. The fraction of sp³-hybridized carbons (Fsp3) is 0.273. The summed E-state index contributed by atoms with van der Waals surface area (Å²) in [4.78, 5) is 27.6. The van der Waals surface area contributed by atoms with Crippen molar-refractivity contribution >= 4 is 35.2 Å². The molecule has 2 atom stereocenters. The number of hydrogen-bond donors (Lipinski definition) is 1. The van der Waals surface area contributed by atoms with E-state index < -0.39 is 16.9 Å². The minimum Gasteiger partial charge on any atom is -0.449 e. The van der Waals surface area contributed by atoms with Gasteiger partial charge < -0.3 is 10.1 Å². The van der Waals surface area contributed by atoms with Gasteiger partial charge in [0.05, 0.1) is 10.8 Å². The second-order valence-corrected chi connectivity index (χ2v) is 14.6. The number of hydrogen-bond acceptors (Lipinski definition) is 4. The predicted octanol–water partition coefficient (Wildman–Crippen LogP) is 11.1. The molecular weight excluding hydrogens is 658 g/mol. The fourth-order valence-electron chi connectivity index (χ4n) is 7.04. The van der Waals surface area contributed by atoms with E-state index in [0.29, 0.717) is 17.2 Å². The van der Waals surface area contributed by atoms with Gasteiger partial charge in [-0.3, -0.25) is 4.79 Å². The molecule has 6 heteroatoms. The molecule has 0 heterocycles. The van der Waals surface area contributed by atoms with E-state index >= 15 is 0 Å². The summed E-state index contributed by atoms with van der Waals surface area (Å²) >= 11 is 8.62. The predicted molar refractivity (Wildman–Crippen MR) is 207 cm³/mol. The summed E-state index contributed by atoms with van der Waals surface area (Å²) in [6.07, 6.45) is 3.72. The van der Waals surface area contributed by atoms with Crippen molar-refractivity contribution in [1.82, 2.24) is 5.32 Å². The van der Waals surface area contributed by atoms with Gasteiger partial charge in [-0.1, -0.05) is 165 Å². The van der Waals surface area contributed by atoms with Gasteiger partial charge in [0.25, 0.3) is 0 Å². The summed E-state index contributed by atoms with van der Waals surface area (Å²) in [5.41, 5.74) is 8.79. The highest BCUT2D eigenvalue weighted by atomic mass is 35.5. The molecule has 0 spiro atoms. The molecule has 0 aromatic heterocycles. The maximum atomic E-state index is 14.0. The third kappa shape index (κ3) is 7.70. The molecule has 0 fully saturated rings. The zero-order valence-electron chi connectivity index (χ0n) is 28.7. The van der Waals surface area contributed by atoms with Gasteiger partial charge in [0.2, 0.25) is 0 Å². The first kappa shape index (κ1) is 35.5. The number of aryl methyl sites for hydroxylation is 1. The van der Waals surface area contributed by atoms with E-state index in [1.165, 1.54) is 11.1 Å². The van der Waals surface area contributed by atoms with Crippen LogP contribution in [-0.4, -0.2) is 30.3 Å². The number of carbonyl (C=O) groups is 2. The van der Waals surface area contributed by atoms with Gasteiger partial charge in [-0.25, -0.2) is 4.79 Å². The largest absolute Gasteiger partial charge is 0.449 e. The average molecular weight is 702 g/mol. The average Bonchev–Trinajstić information content (AvgIpc) is 3.47. The number of alkyl carbamates (subject to hydrolysis) is 1. The monoisotopic (exact) mass is 701 g/mol. The number of halogens is 1. The van der Waals surface area contributed by atoms with Crippen LogP contribution in [0.15, 0.2) is 127 Å². The summed E-state index contributed by atoms with van der Waals surface area (Å²) in [5, 5.41) is 3.65. The SMILES string of the molecule is CCCCCCC(=O)[C@H](CSC(c1ccccc1)(c1ccc(C)cc1)c1ccccc1Cl)NC(=O)OCC1c2ccccc2-c2ccccc21. The molecule has 256 valence electrons. The lowest BCUT2D eigenvalue weighted by Crippen LogP contribution is -2.44. The van der Waals surface area contributed by atoms with Crippen molar-refractivity contribution in [3.63, 3.8) is 0 Å². The lowest BCUT2D eigenvalue weighted by atomic mass is 9.83. The molecule has 1 unspecified atom stereocenters. The zero-order valence-corrected chi connectivity index (χ0v) is 30.3. The molecule has 1 aliphatic rings. The van der Waals surface area contributed by atoms with Crippen LogP contribution in [0.5, 0.6) is 0 Å². The van der Waals surface area contributed by atoms with Crippen molar-refractivity contribution in [3.05, 3.63) is 166 Å². The normalized spacial score (nSPS) is 13.9. The maximum absolute atomic E-state index is 14.0. The minimum absolute atomic E-state index is 0.00661. The molecule has 0 aliphatic heterocycles. The van der Waals surface area contributed by atoms with Crippen LogP contribution in [0.3, 0.4) is 0 Å². The number of benzene rings is 5. The van der Waals surface area contributed by atoms with Gasteiger partial charge in [0.15, 0.2) is 5.78 Å². The van der Waals surface area contributed by atoms with Crippen molar-refractivity contribution < 1.29 is 14.3 Å². The number of carbonyl (C=O) groups excluding carboxylic acids is 2. The molecule has 6 rings (SSSR count). The molecular formula is C44H44ClNO3S. The minimum atomic E-state index is -0.756. The van der Waals surface area contributed by atoms with Crippen LogP contribution in [0.1, 0.15) is 78.3 Å². The number of amides is 1. The van der Waals surface area contributed by atoms with E-state index in [9.17, 15) is 9.59 Å². The molecule has 1 N–H and O–H groups in total. The summed E-state index contributed by atoms with van der Waals surface area (Å²) in [5.74, 6) is 0.260. The first-order valence-corrected chi connectivity index (χ1v) is 18.9. The molecule has 5 aromatic carbocycles. The molecule has 0 saturated carbocycles. The lowest BCUT2D eigenvalue weighted by molar-refractivity contribution is -0.120. The van der Waals surface area contributed by atoms with Crippen molar-refractivity contribution in [2.75, 3.05) is 12.4 Å². The fourth-order valence-corrected chi connectivity index (χ4v) is 8.99. The number of ether oxygens (including phenoxy) is 1. The Morgan fingerprint density at radius 3 is 2.02 bits per heavy atom. The third-order valence-electron chi connectivity index (χ3n) is 9.66. The van der Waals surface area contributed by atoms with Crippen molar-refractivity contribution in [3.8, 4) is 11.1 Å². The summed E-state index contributed by atoms with van der Waals surface area (Å²) in [6.45, 7) is 4.41. The maximum Gasteiger partial charge on any atom is 0.407 e. The quantitative estimate of drug-likeness (QED) is 0.0872. The molecule has 0 radical (unpaired) electrons. The molecule has 1 amide bonds. The first-order chi connectivity index (χ1) is 24.4. The third-order valence-corrected chi connectivity index (χ3v) is 11.6. The van der Waals surface area contributed by atoms with E-state index in [2.05, 4.69) is 85.9 Å². The Kier molecular flexibility index (Phi) is 11.8. The van der Waals surface area contributed by atoms with E-state index in [4.69, 9.17) is 16.3 Å². The summed E-state index contributed by atoms with van der Waals surface area (Å²) in [6, 6.07) is 42.5. The number of Topliss-reactive ketones (excluding diaryl/α,β-unsaturated/α-hetero) is 1. The number of nitrogens with one attached hydrogen (secondary N) is 1. The summed E-state index contributed by atoms with van der Waals surface area (Å²) in [7, 11) is 0. The molecule has 0 bridgehead atoms. The highest BCUT2D eigenvalue weighted by Gasteiger charge is 2.40. The molecule has 5 aromatic rings. The van der Waals surface area contributed by atoms with E-state index in [-0.39, 0.29) is 18.3 Å². The lowest BCUT2D eigenvalue weighted by Gasteiger charge is -2.37. The second kappa shape index (κ2) is 16.6. The Hall–Kier alpha value is -4.32. The highest BCUT2D eigenvalue weighted by molar-refractivity contribution is 8.00. The Bertz CT molecular complexity index is 1870. The van der Waals surface area contributed by atoms with Gasteiger partial charge in [-0.2, -0.15) is 0 Å². The van der Waals surface area contributed by atoms with Crippen LogP contribution in [0, 0.1) is 6.92 Å². The smallest absolute Gasteiger partial charge is 0.407 e. The second-order valence-electron chi connectivity index (χ2n) is 13.0.